The Morgan fingerprint density at radius 1 is 1.32 bits per heavy atom. The standard InChI is InChI=1S/C15H20N6O/c1-10-6-11(2)21(19-10)14-8-17-7-13(18-14)20-5-3-4-12(9-20)15(16)22/h6-8,12H,3-5,9H2,1-2H3,(H2,16,22). The maximum Gasteiger partial charge on any atom is 0.222 e. The van der Waals surface area contributed by atoms with Crippen LogP contribution in [0.3, 0.4) is 0 Å². The molecular weight excluding hydrogens is 280 g/mol. The molecule has 116 valence electrons. The number of amides is 1. The summed E-state index contributed by atoms with van der Waals surface area (Å²) in [6.07, 6.45) is 5.19. The molecule has 22 heavy (non-hydrogen) atoms. The van der Waals surface area contributed by atoms with Crippen molar-refractivity contribution in [1.82, 2.24) is 19.7 Å². The van der Waals surface area contributed by atoms with Gasteiger partial charge in [-0.1, -0.05) is 0 Å². The summed E-state index contributed by atoms with van der Waals surface area (Å²) < 4.78 is 1.78. The second kappa shape index (κ2) is 5.75. The van der Waals surface area contributed by atoms with Gasteiger partial charge in [0.1, 0.15) is 5.82 Å². The highest BCUT2D eigenvalue weighted by Crippen LogP contribution is 2.22. The molecule has 3 heterocycles. The van der Waals surface area contributed by atoms with Gasteiger partial charge in [-0.3, -0.25) is 9.78 Å². The number of carbonyl (C=O) groups excluding carboxylic acids is 1. The lowest BCUT2D eigenvalue weighted by Gasteiger charge is -2.31. The normalized spacial score (nSPS) is 18.5. The predicted molar refractivity (Wildman–Crippen MR) is 82.8 cm³/mol. The maximum atomic E-state index is 11.4. The van der Waals surface area contributed by atoms with Crippen molar-refractivity contribution >= 4 is 11.7 Å². The summed E-state index contributed by atoms with van der Waals surface area (Å²) in [4.78, 5) is 22.4. The Hall–Kier alpha value is -2.44. The number of hydrogen-bond donors (Lipinski definition) is 1. The molecule has 0 aliphatic carbocycles. The van der Waals surface area contributed by atoms with Crippen molar-refractivity contribution < 1.29 is 4.79 Å². The molecule has 7 nitrogen and oxygen atoms in total. The number of anilines is 1. The van der Waals surface area contributed by atoms with Crippen molar-refractivity contribution in [3.05, 3.63) is 29.8 Å². The van der Waals surface area contributed by atoms with Crippen LogP contribution in [0.5, 0.6) is 0 Å². The van der Waals surface area contributed by atoms with Crippen molar-refractivity contribution in [2.45, 2.75) is 26.7 Å². The second-order valence-corrected chi connectivity index (χ2v) is 5.76. The Labute approximate surface area is 129 Å². The molecule has 1 aliphatic heterocycles. The molecule has 1 atom stereocenters. The fourth-order valence-electron chi connectivity index (χ4n) is 2.88. The van der Waals surface area contributed by atoms with Crippen LogP contribution in [-0.2, 0) is 4.79 Å². The molecular formula is C15H20N6O. The molecule has 0 spiro atoms. The van der Waals surface area contributed by atoms with Crippen LogP contribution in [-0.4, -0.2) is 38.7 Å². The summed E-state index contributed by atoms with van der Waals surface area (Å²) in [7, 11) is 0. The number of carbonyl (C=O) groups is 1. The first kappa shape index (κ1) is 14.5. The van der Waals surface area contributed by atoms with Crippen molar-refractivity contribution in [2.75, 3.05) is 18.0 Å². The van der Waals surface area contributed by atoms with Gasteiger partial charge in [-0.05, 0) is 32.8 Å². The summed E-state index contributed by atoms with van der Waals surface area (Å²) in [5.41, 5.74) is 7.39. The number of nitrogens with two attached hydrogens (primary N) is 1. The van der Waals surface area contributed by atoms with Crippen molar-refractivity contribution in [2.24, 2.45) is 11.7 Å². The number of aromatic nitrogens is 4. The first-order valence-electron chi connectivity index (χ1n) is 7.44. The highest BCUT2D eigenvalue weighted by molar-refractivity contribution is 5.77. The molecule has 0 aromatic carbocycles. The van der Waals surface area contributed by atoms with Gasteiger partial charge >= 0.3 is 0 Å². The number of piperidine rings is 1. The highest BCUT2D eigenvalue weighted by Gasteiger charge is 2.25. The molecule has 0 bridgehead atoms. The molecule has 1 aliphatic rings. The van der Waals surface area contributed by atoms with E-state index in [2.05, 4.69) is 20.0 Å². The van der Waals surface area contributed by atoms with Crippen LogP contribution < -0.4 is 10.6 Å². The molecule has 0 saturated carbocycles. The van der Waals surface area contributed by atoms with Gasteiger partial charge in [0.25, 0.3) is 0 Å². The van der Waals surface area contributed by atoms with Crippen LogP contribution in [0.15, 0.2) is 18.5 Å². The van der Waals surface area contributed by atoms with Crippen LogP contribution in [0, 0.1) is 19.8 Å². The zero-order valence-electron chi connectivity index (χ0n) is 12.9. The zero-order chi connectivity index (χ0) is 15.7. The largest absolute Gasteiger partial charge is 0.369 e. The molecule has 2 aromatic rings. The summed E-state index contributed by atoms with van der Waals surface area (Å²) in [6, 6.07) is 2.00. The van der Waals surface area contributed by atoms with E-state index in [0.717, 1.165) is 36.6 Å². The number of rotatable bonds is 3. The van der Waals surface area contributed by atoms with Gasteiger partial charge < -0.3 is 10.6 Å². The van der Waals surface area contributed by atoms with E-state index in [9.17, 15) is 4.79 Å². The minimum atomic E-state index is -0.243. The molecule has 0 radical (unpaired) electrons. The van der Waals surface area contributed by atoms with E-state index in [-0.39, 0.29) is 11.8 Å². The topological polar surface area (TPSA) is 89.9 Å². The summed E-state index contributed by atoms with van der Waals surface area (Å²) >= 11 is 0. The van der Waals surface area contributed by atoms with Gasteiger partial charge in [0, 0.05) is 18.8 Å². The van der Waals surface area contributed by atoms with E-state index in [4.69, 9.17) is 5.73 Å². The average Bonchev–Trinajstić information content (AvgIpc) is 2.86. The maximum absolute atomic E-state index is 11.4. The van der Waals surface area contributed by atoms with Crippen LogP contribution in [0.4, 0.5) is 5.82 Å². The Kier molecular flexibility index (Phi) is 3.79. The fraction of sp³-hybridized carbons (Fsp3) is 0.467. The SMILES string of the molecule is Cc1cc(C)n(-c2cncc(N3CCCC(C(N)=O)C3)n2)n1. The Morgan fingerprint density at radius 2 is 2.09 bits per heavy atom. The quantitative estimate of drug-likeness (QED) is 0.912. The Morgan fingerprint density at radius 3 is 2.77 bits per heavy atom. The average molecular weight is 300 g/mol. The van der Waals surface area contributed by atoms with Gasteiger partial charge in [0.05, 0.1) is 24.0 Å². The van der Waals surface area contributed by atoms with Gasteiger partial charge in [-0.15, -0.1) is 0 Å². The molecule has 1 amide bonds. The zero-order valence-corrected chi connectivity index (χ0v) is 12.9. The number of nitrogens with zero attached hydrogens (tertiary/aromatic N) is 5. The molecule has 3 rings (SSSR count). The smallest absolute Gasteiger partial charge is 0.222 e. The Balaban J connectivity index is 1.88. The summed E-state index contributed by atoms with van der Waals surface area (Å²) in [6.45, 7) is 5.39. The monoisotopic (exact) mass is 300 g/mol. The second-order valence-electron chi connectivity index (χ2n) is 5.76. The molecule has 1 fully saturated rings. The number of hydrogen-bond acceptors (Lipinski definition) is 5. The summed E-state index contributed by atoms with van der Waals surface area (Å²) in [5, 5.41) is 4.43. The third-order valence-corrected chi connectivity index (χ3v) is 3.98. The first-order chi connectivity index (χ1) is 10.5. The third-order valence-electron chi connectivity index (χ3n) is 3.98. The summed E-state index contributed by atoms with van der Waals surface area (Å²) in [5.74, 6) is 1.08. The van der Waals surface area contributed by atoms with Crippen molar-refractivity contribution in [1.29, 1.82) is 0 Å². The first-order valence-corrected chi connectivity index (χ1v) is 7.44. The van der Waals surface area contributed by atoms with Crippen LogP contribution in [0.1, 0.15) is 24.2 Å². The fourth-order valence-corrected chi connectivity index (χ4v) is 2.88. The number of aryl methyl sites for hydroxylation is 2. The lowest BCUT2D eigenvalue weighted by Crippen LogP contribution is -2.41. The van der Waals surface area contributed by atoms with Gasteiger partial charge in [0.15, 0.2) is 5.82 Å². The predicted octanol–water partition coefficient (Wildman–Crippen LogP) is 0.981. The van der Waals surface area contributed by atoms with Crippen molar-refractivity contribution in [3.8, 4) is 5.82 Å². The van der Waals surface area contributed by atoms with Crippen LogP contribution in [0.25, 0.3) is 5.82 Å². The van der Waals surface area contributed by atoms with E-state index in [1.807, 2.05) is 19.9 Å². The highest BCUT2D eigenvalue weighted by atomic mass is 16.1. The van der Waals surface area contributed by atoms with E-state index in [1.54, 1.807) is 17.1 Å². The minimum Gasteiger partial charge on any atom is -0.369 e. The molecule has 2 aromatic heterocycles. The number of primary amides is 1. The third kappa shape index (κ3) is 2.79. The lowest BCUT2D eigenvalue weighted by molar-refractivity contribution is -0.122. The van der Waals surface area contributed by atoms with Gasteiger partial charge in [-0.25, -0.2) is 9.67 Å². The Bertz CT molecular complexity index is 695. The van der Waals surface area contributed by atoms with E-state index >= 15 is 0 Å². The molecule has 7 heteroatoms. The van der Waals surface area contributed by atoms with E-state index < -0.39 is 0 Å². The lowest BCUT2D eigenvalue weighted by atomic mass is 9.98. The van der Waals surface area contributed by atoms with Crippen molar-refractivity contribution in [3.63, 3.8) is 0 Å². The van der Waals surface area contributed by atoms with Gasteiger partial charge in [0.2, 0.25) is 5.91 Å². The molecule has 1 unspecified atom stereocenters. The molecule has 2 N–H and O–H groups in total. The van der Waals surface area contributed by atoms with Gasteiger partial charge in [-0.2, -0.15) is 5.10 Å². The van der Waals surface area contributed by atoms with E-state index in [0.29, 0.717) is 12.4 Å². The molecule has 1 saturated heterocycles. The van der Waals surface area contributed by atoms with Crippen LogP contribution in [0.2, 0.25) is 0 Å². The van der Waals surface area contributed by atoms with E-state index in [1.165, 1.54) is 0 Å². The minimum absolute atomic E-state index is 0.118. The van der Waals surface area contributed by atoms with Crippen LogP contribution >= 0.6 is 0 Å².